The van der Waals surface area contributed by atoms with Crippen LogP contribution in [0.1, 0.15) is 21.5 Å². The number of benzene rings is 4. The Hall–Kier alpha value is -5.52. The molecule has 5 rings (SSSR count). The lowest BCUT2D eigenvalue weighted by molar-refractivity contribution is -0.137. The summed E-state index contributed by atoms with van der Waals surface area (Å²) in [6, 6.07) is 16.9. The highest BCUT2D eigenvalue weighted by atomic mass is 19.4. The fourth-order valence-electron chi connectivity index (χ4n) is 4.63. The molecule has 0 saturated heterocycles. The number of hydrogen-bond donors (Lipinski definition) is 4. The number of para-hydroxylation sites is 1. The predicted octanol–water partition coefficient (Wildman–Crippen LogP) is 6.23. The van der Waals surface area contributed by atoms with E-state index < -0.39 is 23.6 Å². The lowest BCUT2D eigenvalue weighted by Crippen LogP contribution is -2.16. The van der Waals surface area contributed by atoms with E-state index >= 15 is 0 Å². The molecule has 4 aromatic rings. The van der Waals surface area contributed by atoms with E-state index in [9.17, 15) is 33.0 Å². The molecule has 0 spiro atoms. The summed E-state index contributed by atoms with van der Waals surface area (Å²) in [5.74, 6) is -1.68. The van der Waals surface area contributed by atoms with Crippen LogP contribution in [0.4, 0.5) is 24.5 Å². The molecule has 0 aromatic heterocycles. The third-order valence-corrected chi connectivity index (χ3v) is 6.60. The monoisotopic (exact) mass is 577 g/mol. The number of carbonyl (C=O) groups is 2. The molecule has 9 nitrogen and oxygen atoms in total. The van der Waals surface area contributed by atoms with Crippen molar-refractivity contribution >= 4 is 29.0 Å². The maximum absolute atomic E-state index is 14.1. The van der Waals surface area contributed by atoms with Gasteiger partial charge in [0.15, 0.2) is 5.71 Å². The summed E-state index contributed by atoms with van der Waals surface area (Å²) in [7, 11) is 2.73. The van der Waals surface area contributed by atoms with Crippen molar-refractivity contribution in [2.45, 2.75) is 6.18 Å². The zero-order valence-electron chi connectivity index (χ0n) is 22.0. The highest BCUT2D eigenvalue weighted by Gasteiger charge is 2.39. The number of phenolic OH excluding ortho intramolecular Hbond substituents is 1. The number of ether oxygens (including phenoxy) is 2. The fraction of sp³-hybridized carbons (Fsp3) is 0.100. The molecule has 1 aliphatic rings. The molecule has 0 fully saturated rings. The van der Waals surface area contributed by atoms with Gasteiger partial charge in [0.25, 0.3) is 5.91 Å². The van der Waals surface area contributed by atoms with Crippen molar-refractivity contribution in [3.8, 4) is 39.5 Å². The summed E-state index contributed by atoms with van der Waals surface area (Å²) in [5, 5.41) is 26.8. The summed E-state index contributed by atoms with van der Waals surface area (Å²) in [6.07, 6.45) is -4.76. The number of nitrogens with zero attached hydrogens (tertiary/aromatic N) is 1. The zero-order valence-corrected chi connectivity index (χ0v) is 22.0. The number of fused-ring (bicyclic) bond motifs is 1. The number of methoxy groups -OCH3 is 2. The van der Waals surface area contributed by atoms with Crippen molar-refractivity contribution < 1.29 is 42.4 Å². The van der Waals surface area contributed by atoms with Gasteiger partial charge in [0.1, 0.15) is 17.2 Å². The van der Waals surface area contributed by atoms with Crippen molar-refractivity contribution in [1.82, 2.24) is 0 Å². The van der Waals surface area contributed by atoms with Crippen molar-refractivity contribution in [2.75, 3.05) is 25.0 Å². The standard InChI is InChI=1S/C30H22F3N3O6/c1-41-18-12-17(13-19(14-18)42-2)24-22(30(31,32)33)10-9-21-25(24)34-28(38)26(21)36-35-23-8-4-7-20(27(23)37)15-5-3-6-16(11-15)29(39)40/h3-14,35,37H,1-2H3,(H,39,40)(H,34,36,38). The Balaban J connectivity index is 1.58. The lowest BCUT2D eigenvalue weighted by Gasteiger charge is -2.18. The number of rotatable bonds is 7. The number of nitrogens with one attached hydrogen (secondary N) is 2. The molecule has 0 aliphatic carbocycles. The van der Waals surface area contributed by atoms with E-state index in [0.29, 0.717) is 11.1 Å². The van der Waals surface area contributed by atoms with E-state index in [1.807, 2.05) is 0 Å². The molecule has 0 bridgehead atoms. The molecule has 42 heavy (non-hydrogen) atoms. The first-order valence-corrected chi connectivity index (χ1v) is 12.3. The number of carboxylic acid groups (broad SMARTS) is 1. The van der Waals surface area contributed by atoms with Crippen LogP contribution in [0, 0.1) is 0 Å². The lowest BCUT2D eigenvalue weighted by atomic mass is 9.94. The van der Waals surface area contributed by atoms with Crippen molar-refractivity contribution in [1.29, 1.82) is 0 Å². The van der Waals surface area contributed by atoms with Crippen LogP contribution in [-0.2, 0) is 11.0 Å². The topological polar surface area (TPSA) is 129 Å². The number of carboxylic acids is 1. The van der Waals surface area contributed by atoms with Gasteiger partial charge in [-0.2, -0.15) is 18.3 Å². The summed E-state index contributed by atoms with van der Waals surface area (Å²) in [6.45, 7) is 0. The summed E-state index contributed by atoms with van der Waals surface area (Å²) >= 11 is 0. The SMILES string of the molecule is COc1cc(OC)cc(-c2c(C(F)(F)F)ccc3c2NC(=O)C3=NNc2cccc(-c3cccc(C(=O)O)c3)c2O)c1. The van der Waals surface area contributed by atoms with Gasteiger partial charge in [-0.3, -0.25) is 10.2 Å². The van der Waals surface area contributed by atoms with Crippen LogP contribution in [-0.4, -0.2) is 42.0 Å². The van der Waals surface area contributed by atoms with Gasteiger partial charge >= 0.3 is 12.1 Å². The van der Waals surface area contributed by atoms with Crippen LogP contribution < -0.4 is 20.2 Å². The van der Waals surface area contributed by atoms with Crippen LogP contribution >= 0.6 is 0 Å². The first kappa shape index (κ1) is 28.0. The first-order chi connectivity index (χ1) is 20.0. The maximum Gasteiger partial charge on any atom is 0.417 e. The van der Waals surface area contributed by atoms with Gasteiger partial charge in [-0.05, 0) is 53.6 Å². The van der Waals surface area contributed by atoms with E-state index in [0.717, 1.165) is 12.1 Å². The van der Waals surface area contributed by atoms with Crippen molar-refractivity contribution in [3.63, 3.8) is 0 Å². The second-order valence-corrected chi connectivity index (χ2v) is 9.12. The number of hydrazone groups is 1. The maximum atomic E-state index is 14.1. The predicted molar refractivity (Wildman–Crippen MR) is 149 cm³/mol. The molecule has 1 heterocycles. The van der Waals surface area contributed by atoms with E-state index in [2.05, 4.69) is 15.8 Å². The highest BCUT2D eigenvalue weighted by molar-refractivity contribution is 6.54. The minimum atomic E-state index is -4.76. The van der Waals surface area contributed by atoms with E-state index in [1.54, 1.807) is 18.2 Å². The number of anilines is 2. The van der Waals surface area contributed by atoms with Gasteiger partial charge in [0.05, 0.1) is 36.7 Å². The Labute approximate surface area is 236 Å². The van der Waals surface area contributed by atoms with Gasteiger partial charge in [-0.25, -0.2) is 4.79 Å². The molecule has 1 amide bonds. The second-order valence-electron chi connectivity index (χ2n) is 9.12. The Kier molecular flexibility index (Phi) is 7.21. The van der Waals surface area contributed by atoms with Gasteiger partial charge in [0, 0.05) is 22.8 Å². The van der Waals surface area contributed by atoms with E-state index in [4.69, 9.17) is 9.47 Å². The van der Waals surface area contributed by atoms with Gasteiger partial charge in [0.2, 0.25) is 0 Å². The molecule has 0 radical (unpaired) electrons. The van der Waals surface area contributed by atoms with E-state index in [-0.39, 0.29) is 56.6 Å². The Bertz CT molecular complexity index is 1750. The molecule has 12 heteroatoms. The number of phenols is 1. The fourth-order valence-corrected chi connectivity index (χ4v) is 4.63. The molecule has 0 unspecified atom stereocenters. The van der Waals surface area contributed by atoms with Crippen LogP contribution in [0.15, 0.2) is 77.9 Å². The number of alkyl halides is 3. The van der Waals surface area contributed by atoms with E-state index in [1.165, 1.54) is 56.7 Å². The Morgan fingerprint density at radius 3 is 2.24 bits per heavy atom. The smallest absolute Gasteiger partial charge is 0.417 e. The number of halogens is 3. The van der Waals surface area contributed by atoms with Crippen molar-refractivity contribution in [2.24, 2.45) is 5.10 Å². The van der Waals surface area contributed by atoms with Crippen LogP contribution in [0.5, 0.6) is 17.2 Å². The zero-order chi connectivity index (χ0) is 30.2. The Morgan fingerprint density at radius 1 is 0.905 bits per heavy atom. The second kappa shape index (κ2) is 10.8. The molecular formula is C30H22F3N3O6. The van der Waals surface area contributed by atoms with Gasteiger partial charge in [-0.15, -0.1) is 0 Å². The molecule has 4 N–H and O–H groups in total. The van der Waals surface area contributed by atoms with Crippen LogP contribution in [0.2, 0.25) is 0 Å². The average Bonchev–Trinajstić information content (AvgIpc) is 3.30. The summed E-state index contributed by atoms with van der Waals surface area (Å²) in [4.78, 5) is 24.4. The quantitative estimate of drug-likeness (QED) is 0.151. The molecular weight excluding hydrogens is 555 g/mol. The molecule has 4 aromatic carbocycles. The minimum absolute atomic E-state index is 0.0208. The number of carbonyl (C=O) groups excluding carboxylic acids is 1. The third-order valence-electron chi connectivity index (χ3n) is 6.60. The molecule has 1 aliphatic heterocycles. The highest BCUT2D eigenvalue weighted by Crippen LogP contribution is 2.46. The van der Waals surface area contributed by atoms with Gasteiger partial charge < -0.3 is 25.0 Å². The number of hydrogen-bond acceptors (Lipinski definition) is 7. The molecule has 0 saturated carbocycles. The first-order valence-electron chi connectivity index (χ1n) is 12.3. The number of amides is 1. The third kappa shape index (κ3) is 5.17. The van der Waals surface area contributed by atoms with Gasteiger partial charge in [-0.1, -0.05) is 24.3 Å². The molecule has 0 atom stereocenters. The average molecular weight is 578 g/mol. The normalized spacial score (nSPS) is 13.5. The minimum Gasteiger partial charge on any atom is -0.505 e. The van der Waals surface area contributed by atoms with Crippen molar-refractivity contribution in [3.05, 3.63) is 89.5 Å². The summed E-state index contributed by atoms with van der Waals surface area (Å²) < 4.78 is 52.9. The van der Waals surface area contributed by atoms with Crippen LogP contribution in [0.3, 0.4) is 0 Å². The number of aromatic carboxylic acids is 1. The summed E-state index contributed by atoms with van der Waals surface area (Å²) in [5.41, 5.74) is 2.02. The Morgan fingerprint density at radius 2 is 1.60 bits per heavy atom. The molecule has 214 valence electrons. The largest absolute Gasteiger partial charge is 0.505 e. The number of aromatic hydroxyl groups is 1. The van der Waals surface area contributed by atoms with Crippen LogP contribution in [0.25, 0.3) is 22.3 Å².